The van der Waals surface area contributed by atoms with E-state index in [2.05, 4.69) is 0 Å². The fraction of sp³-hybridized carbons (Fsp3) is 0.222. The molecule has 90 valence electrons. The van der Waals surface area contributed by atoms with Crippen molar-refractivity contribution in [3.05, 3.63) is 29.8 Å². The average molecular weight is 246 g/mol. The molecule has 0 atom stereocenters. The van der Waals surface area contributed by atoms with Crippen molar-refractivity contribution in [1.82, 2.24) is 0 Å². The van der Waals surface area contributed by atoms with Crippen molar-refractivity contribution in [3.63, 3.8) is 0 Å². The Morgan fingerprint density at radius 3 is 2.19 bits per heavy atom. The molecule has 1 aromatic rings. The largest absolute Gasteiger partial charge is 0.496 e. The van der Waals surface area contributed by atoms with Crippen LogP contribution >= 0.6 is 0 Å². The lowest BCUT2D eigenvalue weighted by Gasteiger charge is -2.04. The van der Waals surface area contributed by atoms with Gasteiger partial charge >= 0.3 is 0 Å². The first-order chi connectivity index (χ1) is 7.25. The molecular formula is C9H14N2O4S. The van der Waals surface area contributed by atoms with Crippen LogP contribution in [0.25, 0.3) is 0 Å². The molecule has 1 aromatic carbocycles. The Kier molecular flexibility index (Phi) is 5.48. The minimum absolute atomic E-state index is 0.0300. The summed E-state index contributed by atoms with van der Waals surface area (Å²) in [5.74, 6) is 0.669. The van der Waals surface area contributed by atoms with Crippen LogP contribution in [-0.4, -0.2) is 32.2 Å². The van der Waals surface area contributed by atoms with Crippen LogP contribution < -0.4 is 10.5 Å². The van der Waals surface area contributed by atoms with Gasteiger partial charge in [0.2, 0.25) is 0 Å². The van der Waals surface area contributed by atoms with Gasteiger partial charge in [0, 0.05) is 0 Å². The molecule has 1 rings (SSSR count). The molecule has 16 heavy (non-hydrogen) atoms. The lowest BCUT2D eigenvalue weighted by atomic mass is 10.2. The number of hydrogen-bond donors (Lipinski definition) is 3. The summed E-state index contributed by atoms with van der Waals surface area (Å²) in [5.41, 5.74) is 5.93. The fourth-order valence-electron chi connectivity index (χ4n) is 0.867. The van der Waals surface area contributed by atoms with Crippen LogP contribution in [0, 0.1) is 5.41 Å². The van der Waals surface area contributed by atoms with Gasteiger partial charge in [0.15, 0.2) is 0 Å². The van der Waals surface area contributed by atoms with Crippen LogP contribution in [0.1, 0.15) is 5.56 Å². The molecule has 0 aliphatic carbocycles. The summed E-state index contributed by atoms with van der Waals surface area (Å²) >= 11 is 0. The van der Waals surface area contributed by atoms with Crippen molar-refractivity contribution < 1.29 is 17.7 Å². The Hall–Kier alpha value is -1.60. The van der Waals surface area contributed by atoms with Gasteiger partial charge in [0.05, 0.1) is 18.9 Å². The summed E-state index contributed by atoms with van der Waals surface area (Å²) in [5, 5.41) is 7.18. The lowest BCUT2D eigenvalue weighted by Crippen LogP contribution is -2.12. The van der Waals surface area contributed by atoms with E-state index in [1.165, 1.54) is 0 Å². The number of nitrogen functional groups attached to an aromatic ring is 1. The third kappa shape index (κ3) is 6.80. The predicted octanol–water partition coefficient (Wildman–Crippen LogP) is 0.483. The number of benzene rings is 1. The molecule has 7 heteroatoms. The molecule has 4 N–H and O–H groups in total. The topological polar surface area (TPSA) is 113 Å². The first kappa shape index (κ1) is 14.4. The molecule has 0 aliphatic heterocycles. The van der Waals surface area contributed by atoms with Crippen LogP contribution in [0.15, 0.2) is 24.3 Å². The second-order valence-electron chi connectivity index (χ2n) is 2.85. The zero-order valence-electron chi connectivity index (χ0n) is 8.97. The van der Waals surface area contributed by atoms with Crippen LogP contribution in [-0.2, 0) is 10.1 Å². The summed E-state index contributed by atoms with van der Waals surface area (Å²) in [6.07, 6.45) is 0.715. The second-order valence-corrected chi connectivity index (χ2v) is 4.31. The highest BCUT2D eigenvalue weighted by molar-refractivity contribution is 7.85. The van der Waals surface area contributed by atoms with Gasteiger partial charge in [-0.1, -0.05) is 12.1 Å². The van der Waals surface area contributed by atoms with Gasteiger partial charge < -0.3 is 10.5 Å². The maximum absolute atomic E-state index is 9.19. The molecule has 0 aliphatic rings. The summed E-state index contributed by atoms with van der Waals surface area (Å²) in [6.45, 7) is 0. The van der Waals surface area contributed by atoms with Gasteiger partial charge in [-0.3, -0.25) is 9.96 Å². The van der Waals surface area contributed by atoms with Gasteiger partial charge in [-0.25, -0.2) is 0 Å². The number of nitrogens with one attached hydrogen (secondary N) is 1. The first-order valence-electron chi connectivity index (χ1n) is 4.15. The summed E-state index contributed by atoms with van der Waals surface area (Å²) < 4.78 is 30.9. The van der Waals surface area contributed by atoms with Crippen molar-refractivity contribution in [2.75, 3.05) is 13.4 Å². The molecule has 0 spiro atoms. The number of para-hydroxylation sites is 1. The van der Waals surface area contributed by atoms with Crippen molar-refractivity contribution in [2.24, 2.45) is 5.73 Å². The number of methoxy groups -OCH3 is 1. The molecule has 0 aromatic heterocycles. The van der Waals surface area contributed by atoms with E-state index in [1.807, 2.05) is 12.1 Å². The second kappa shape index (κ2) is 6.09. The maximum atomic E-state index is 9.19. The van der Waals surface area contributed by atoms with Crippen LogP contribution in [0.4, 0.5) is 0 Å². The molecule has 0 heterocycles. The van der Waals surface area contributed by atoms with Crippen molar-refractivity contribution in [1.29, 1.82) is 5.41 Å². The van der Waals surface area contributed by atoms with E-state index in [1.54, 1.807) is 19.2 Å². The van der Waals surface area contributed by atoms with Crippen LogP contribution in [0.3, 0.4) is 0 Å². The summed E-state index contributed by atoms with van der Waals surface area (Å²) in [6, 6.07) is 7.18. The van der Waals surface area contributed by atoms with Gasteiger partial charge in [0.25, 0.3) is 10.1 Å². The Labute approximate surface area is 94.3 Å². The van der Waals surface area contributed by atoms with Gasteiger partial charge in [-0.2, -0.15) is 8.42 Å². The van der Waals surface area contributed by atoms with Crippen molar-refractivity contribution in [3.8, 4) is 5.75 Å². The Morgan fingerprint density at radius 2 is 1.88 bits per heavy atom. The SMILES string of the molecule is COc1ccccc1C(=N)N.CS(=O)(=O)O. The maximum Gasteiger partial charge on any atom is 0.261 e. The first-order valence-corrected chi connectivity index (χ1v) is 6.00. The van der Waals surface area contributed by atoms with Crippen molar-refractivity contribution in [2.45, 2.75) is 0 Å². The lowest BCUT2D eigenvalue weighted by molar-refractivity contribution is 0.414. The van der Waals surface area contributed by atoms with E-state index < -0.39 is 10.1 Å². The number of amidine groups is 1. The molecular weight excluding hydrogens is 232 g/mol. The zero-order valence-corrected chi connectivity index (χ0v) is 9.78. The third-order valence-electron chi connectivity index (χ3n) is 1.40. The van der Waals surface area contributed by atoms with E-state index in [-0.39, 0.29) is 5.84 Å². The number of ether oxygens (including phenoxy) is 1. The van der Waals surface area contributed by atoms with E-state index in [9.17, 15) is 8.42 Å². The standard InChI is InChI=1S/C8H10N2O.CH4O3S/c1-11-7-5-3-2-4-6(7)8(9)10;1-5(2,3)4/h2-5H,1H3,(H3,9,10);1H3,(H,2,3,4). The molecule has 0 bridgehead atoms. The van der Waals surface area contributed by atoms with E-state index in [4.69, 9.17) is 20.4 Å². The minimum Gasteiger partial charge on any atom is -0.496 e. The average Bonchev–Trinajstić information content (AvgIpc) is 2.15. The van der Waals surface area contributed by atoms with Crippen LogP contribution in [0.2, 0.25) is 0 Å². The molecule has 0 saturated heterocycles. The van der Waals surface area contributed by atoms with Crippen LogP contribution in [0.5, 0.6) is 5.75 Å². The Morgan fingerprint density at radius 1 is 1.44 bits per heavy atom. The highest BCUT2D eigenvalue weighted by Gasteiger charge is 2.02. The molecule has 0 saturated carbocycles. The van der Waals surface area contributed by atoms with E-state index in [0.29, 0.717) is 17.6 Å². The normalized spacial score (nSPS) is 9.94. The number of rotatable bonds is 2. The zero-order chi connectivity index (χ0) is 12.8. The third-order valence-corrected chi connectivity index (χ3v) is 1.40. The monoisotopic (exact) mass is 246 g/mol. The van der Waals surface area contributed by atoms with Gasteiger partial charge in [-0.15, -0.1) is 0 Å². The highest BCUT2D eigenvalue weighted by atomic mass is 32.2. The molecule has 0 amide bonds. The Bertz CT molecular complexity index is 448. The minimum atomic E-state index is -3.67. The molecule has 0 fully saturated rings. The summed E-state index contributed by atoms with van der Waals surface area (Å²) in [4.78, 5) is 0. The highest BCUT2D eigenvalue weighted by Crippen LogP contribution is 2.15. The van der Waals surface area contributed by atoms with Gasteiger partial charge in [0.1, 0.15) is 11.6 Å². The molecule has 6 nitrogen and oxygen atoms in total. The van der Waals surface area contributed by atoms with Gasteiger partial charge in [-0.05, 0) is 12.1 Å². The van der Waals surface area contributed by atoms with E-state index in [0.717, 1.165) is 0 Å². The fourth-order valence-corrected chi connectivity index (χ4v) is 0.867. The van der Waals surface area contributed by atoms with E-state index >= 15 is 0 Å². The number of nitrogens with two attached hydrogens (primary N) is 1. The summed E-state index contributed by atoms with van der Waals surface area (Å²) in [7, 11) is -2.11. The quantitative estimate of drug-likeness (QED) is 0.399. The van der Waals surface area contributed by atoms with Crippen molar-refractivity contribution >= 4 is 16.0 Å². The smallest absolute Gasteiger partial charge is 0.261 e. The Balaban J connectivity index is 0.000000385. The molecule has 0 radical (unpaired) electrons. The predicted molar refractivity (Wildman–Crippen MR) is 61.5 cm³/mol. The molecule has 0 unspecified atom stereocenters. The number of hydrogen-bond acceptors (Lipinski definition) is 4.